The van der Waals surface area contributed by atoms with Crippen molar-refractivity contribution in [3.8, 4) is 11.5 Å². The highest BCUT2D eigenvalue weighted by molar-refractivity contribution is 5.75. The van der Waals surface area contributed by atoms with Gasteiger partial charge in [-0.15, -0.1) is 0 Å². The predicted octanol–water partition coefficient (Wildman–Crippen LogP) is 2.23. The van der Waals surface area contributed by atoms with Crippen LogP contribution in [0.15, 0.2) is 12.1 Å². The maximum absolute atomic E-state index is 11.7. The number of hydrogen-bond acceptors (Lipinski definition) is 5. The number of likely N-dealkylation sites (tertiary alicyclic amines) is 1. The van der Waals surface area contributed by atoms with Crippen LogP contribution in [0.4, 0.5) is 0 Å². The Labute approximate surface area is 160 Å². The van der Waals surface area contributed by atoms with Crippen LogP contribution in [0.1, 0.15) is 37.3 Å². The summed E-state index contributed by atoms with van der Waals surface area (Å²) in [6.07, 6.45) is 3.14. The Balaban J connectivity index is 1.30. The third-order valence-electron chi connectivity index (χ3n) is 6.94. The van der Waals surface area contributed by atoms with Crippen molar-refractivity contribution in [3.63, 3.8) is 0 Å². The van der Waals surface area contributed by atoms with Crippen molar-refractivity contribution in [2.75, 3.05) is 26.4 Å². The van der Waals surface area contributed by atoms with Crippen LogP contribution in [0.5, 0.6) is 11.5 Å². The van der Waals surface area contributed by atoms with Crippen molar-refractivity contribution < 1.29 is 19.0 Å². The van der Waals surface area contributed by atoms with E-state index in [1.165, 1.54) is 11.1 Å². The topological polar surface area (TPSA) is 60.0 Å². The number of fused-ring (bicyclic) bond motifs is 2. The zero-order valence-corrected chi connectivity index (χ0v) is 16.1. The molecule has 0 aliphatic carbocycles. The Morgan fingerprint density at radius 2 is 2.15 bits per heavy atom. The Morgan fingerprint density at radius 3 is 2.96 bits per heavy atom. The van der Waals surface area contributed by atoms with E-state index >= 15 is 0 Å². The van der Waals surface area contributed by atoms with Gasteiger partial charge in [-0.25, -0.2) is 0 Å². The Bertz CT molecular complexity index is 767. The van der Waals surface area contributed by atoms with Crippen molar-refractivity contribution in [1.29, 1.82) is 0 Å². The molecule has 5 rings (SSSR count). The van der Waals surface area contributed by atoms with Crippen LogP contribution in [0.2, 0.25) is 0 Å². The van der Waals surface area contributed by atoms with Gasteiger partial charge in [0.15, 0.2) is 11.5 Å². The summed E-state index contributed by atoms with van der Waals surface area (Å²) in [5.74, 6) is 2.80. The van der Waals surface area contributed by atoms with E-state index in [4.69, 9.17) is 14.2 Å². The molecule has 0 radical (unpaired) electrons. The number of hydrogen-bond donors (Lipinski definition) is 1. The van der Waals surface area contributed by atoms with Crippen LogP contribution in [-0.4, -0.2) is 48.9 Å². The minimum Gasteiger partial charge on any atom is -0.454 e. The summed E-state index contributed by atoms with van der Waals surface area (Å²) in [7, 11) is 0. The SMILES string of the molecule is CCC(=O)NC[C@H]1[C@H]2CN(Cc3cc4c(cc3C)OCO4)C[C@]23CC[C@H]1O3. The van der Waals surface area contributed by atoms with Gasteiger partial charge in [0.2, 0.25) is 12.7 Å². The van der Waals surface area contributed by atoms with Gasteiger partial charge in [-0.2, -0.15) is 0 Å². The predicted molar refractivity (Wildman–Crippen MR) is 99.7 cm³/mol. The molecule has 4 heterocycles. The smallest absolute Gasteiger partial charge is 0.231 e. The molecule has 146 valence electrons. The second-order valence-corrected chi connectivity index (χ2v) is 8.49. The number of nitrogens with zero attached hydrogens (tertiary/aromatic N) is 1. The summed E-state index contributed by atoms with van der Waals surface area (Å²) in [5, 5.41) is 3.10. The van der Waals surface area contributed by atoms with Crippen LogP contribution in [0.3, 0.4) is 0 Å². The summed E-state index contributed by atoms with van der Waals surface area (Å²) < 4.78 is 17.5. The highest BCUT2D eigenvalue weighted by Crippen LogP contribution is 2.55. The first-order chi connectivity index (χ1) is 13.1. The first-order valence-electron chi connectivity index (χ1n) is 10.1. The average Bonchev–Trinajstić information content (AvgIpc) is 3.39. The third-order valence-corrected chi connectivity index (χ3v) is 6.94. The standard InChI is InChI=1S/C21H28N2O4/c1-3-20(24)22-8-15-16-10-23(11-21(16)5-4-17(15)27-21)9-14-7-19-18(6-13(14)2)25-12-26-19/h6-7,15-17H,3-5,8-12H2,1-2H3,(H,22,24)/t15-,16+,17+,21+/m0/s1. The van der Waals surface area contributed by atoms with Gasteiger partial charge in [0.1, 0.15) is 0 Å². The number of amides is 1. The summed E-state index contributed by atoms with van der Waals surface area (Å²) >= 11 is 0. The lowest BCUT2D eigenvalue weighted by atomic mass is 9.73. The van der Waals surface area contributed by atoms with Gasteiger partial charge in [-0.3, -0.25) is 9.69 Å². The van der Waals surface area contributed by atoms with Gasteiger partial charge >= 0.3 is 0 Å². The minimum atomic E-state index is -0.00345. The van der Waals surface area contributed by atoms with Crippen LogP contribution in [0, 0.1) is 18.8 Å². The molecule has 6 nitrogen and oxygen atoms in total. The summed E-state index contributed by atoms with van der Waals surface area (Å²) in [6, 6.07) is 4.21. The minimum absolute atomic E-state index is 0.00345. The first-order valence-corrected chi connectivity index (χ1v) is 10.1. The number of carbonyl (C=O) groups excluding carboxylic acids is 1. The zero-order valence-electron chi connectivity index (χ0n) is 16.1. The van der Waals surface area contributed by atoms with E-state index in [0.29, 0.717) is 31.2 Å². The molecular weight excluding hydrogens is 344 g/mol. The van der Waals surface area contributed by atoms with Crippen LogP contribution < -0.4 is 14.8 Å². The van der Waals surface area contributed by atoms with E-state index < -0.39 is 0 Å². The molecular formula is C21H28N2O4. The number of benzene rings is 1. The quantitative estimate of drug-likeness (QED) is 0.859. The maximum Gasteiger partial charge on any atom is 0.231 e. The van der Waals surface area contributed by atoms with Crippen LogP contribution >= 0.6 is 0 Å². The van der Waals surface area contributed by atoms with E-state index in [1.54, 1.807) is 0 Å². The van der Waals surface area contributed by atoms with Crippen molar-refractivity contribution in [2.45, 2.75) is 51.4 Å². The number of carbonyl (C=O) groups is 1. The Kier molecular flexibility index (Phi) is 4.09. The van der Waals surface area contributed by atoms with Gasteiger partial charge in [-0.05, 0) is 43.0 Å². The fourth-order valence-corrected chi connectivity index (χ4v) is 5.53. The van der Waals surface area contributed by atoms with Gasteiger partial charge < -0.3 is 19.5 Å². The van der Waals surface area contributed by atoms with E-state index in [2.05, 4.69) is 29.3 Å². The lowest BCUT2D eigenvalue weighted by molar-refractivity contribution is -0.121. The number of nitrogens with one attached hydrogen (secondary N) is 1. The van der Waals surface area contributed by atoms with E-state index in [-0.39, 0.29) is 11.5 Å². The molecule has 1 amide bonds. The Hall–Kier alpha value is -1.79. The number of rotatable bonds is 5. The molecule has 27 heavy (non-hydrogen) atoms. The molecule has 1 aromatic carbocycles. The summed E-state index contributed by atoms with van der Waals surface area (Å²) in [4.78, 5) is 14.2. The molecule has 0 unspecified atom stereocenters. The fraction of sp³-hybridized carbons (Fsp3) is 0.667. The van der Waals surface area contributed by atoms with Crippen molar-refractivity contribution in [3.05, 3.63) is 23.3 Å². The molecule has 3 saturated heterocycles. The van der Waals surface area contributed by atoms with Gasteiger partial charge in [-0.1, -0.05) is 6.92 Å². The largest absolute Gasteiger partial charge is 0.454 e. The molecule has 2 bridgehead atoms. The molecule has 6 heteroatoms. The highest BCUT2D eigenvalue weighted by Gasteiger charge is 2.62. The van der Waals surface area contributed by atoms with Crippen molar-refractivity contribution in [2.24, 2.45) is 11.8 Å². The molecule has 0 aromatic heterocycles. The van der Waals surface area contributed by atoms with Crippen molar-refractivity contribution >= 4 is 5.91 Å². The number of ether oxygens (including phenoxy) is 3. The normalized spacial score (nSPS) is 33.5. The average molecular weight is 372 g/mol. The zero-order chi connectivity index (χ0) is 18.6. The fourth-order valence-electron chi connectivity index (χ4n) is 5.53. The van der Waals surface area contributed by atoms with Crippen LogP contribution in [-0.2, 0) is 16.1 Å². The van der Waals surface area contributed by atoms with E-state index in [1.807, 2.05) is 6.92 Å². The first kappa shape index (κ1) is 17.3. The van der Waals surface area contributed by atoms with Crippen LogP contribution in [0.25, 0.3) is 0 Å². The summed E-state index contributed by atoms with van der Waals surface area (Å²) in [5.41, 5.74) is 2.53. The molecule has 4 aliphatic rings. The van der Waals surface area contributed by atoms with Gasteiger partial charge in [0, 0.05) is 44.4 Å². The van der Waals surface area contributed by atoms with E-state index in [9.17, 15) is 4.79 Å². The molecule has 4 atom stereocenters. The monoisotopic (exact) mass is 372 g/mol. The lowest BCUT2D eigenvalue weighted by Gasteiger charge is -2.29. The maximum atomic E-state index is 11.7. The van der Waals surface area contributed by atoms with Gasteiger partial charge in [0.25, 0.3) is 0 Å². The van der Waals surface area contributed by atoms with E-state index in [0.717, 1.165) is 50.5 Å². The lowest BCUT2D eigenvalue weighted by Crippen LogP contribution is -2.41. The molecule has 0 saturated carbocycles. The molecule has 1 aromatic rings. The molecule has 4 aliphatic heterocycles. The van der Waals surface area contributed by atoms with Gasteiger partial charge in [0.05, 0.1) is 11.7 Å². The Morgan fingerprint density at radius 1 is 1.33 bits per heavy atom. The second kappa shape index (κ2) is 6.38. The molecule has 3 fully saturated rings. The molecule has 1 N–H and O–H groups in total. The summed E-state index contributed by atoms with van der Waals surface area (Å²) in [6.45, 7) is 8.03. The van der Waals surface area contributed by atoms with Crippen molar-refractivity contribution in [1.82, 2.24) is 10.2 Å². The number of aryl methyl sites for hydroxylation is 1. The highest BCUT2D eigenvalue weighted by atomic mass is 16.7. The third kappa shape index (κ3) is 2.81. The second-order valence-electron chi connectivity index (χ2n) is 8.49. The molecule has 1 spiro atoms.